The van der Waals surface area contributed by atoms with Crippen LogP contribution in [0.15, 0.2) is 60.7 Å². The first-order valence-corrected chi connectivity index (χ1v) is 17.4. The summed E-state index contributed by atoms with van der Waals surface area (Å²) in [7, 11) is 0. The largest absolute Gasteiger partial charge is 0.432 e. The first-order chi connectivity index (χ1) is 22.9. The molecule has 1 nitrogen and oxygen atoms in total. The molecule has 262 valence electrons. The highest BCUT2D eigenvalue weighted by molar-refractivity contribution is 5.64. The third kappa shape index (κ3) is 9.88. The van der Waals surface area contributed by atoms with Gasteiger partial charge in [-0.05, 0) is 104 Å². The maximum Gasteiger partial charge on any atom is 0.432 e. The zero-order chi connectivity index (χ0) is 34.8. The van der Waals surface area contributed by atoms with Crippen LogP contribution in [0.4, 0.5) is 30.7 Å². The summed E-state index contributed by atoms with van der Waals surface area (Å²) in [6.07, 6.45) is 16.8. The maximum absolute atomic E-state index is 14.4. The predicted molar refractivity (Wildman–Crippen MR) is 177 cm³/mol. The van der Waals surface area contributed by atoms with Crippen molar-refractivity contribution in [1.29, 1.82) is 0 Å². The van der Waals surface area contributed by atoms with E-state index in [2.05, 4.69) is 30.7 Å². The molecule has 0 bridgehead atoms. The van der Waals surface area contributed by atoms with Crippen LogP contribution in [-0.2, 0) is 12.5 Å². The Morgan fingerprint density at radius 1 is 0.688 bits per heavy atom. The lowest BCUT2D eigenvalue weighted by molar-refractivity contribution is -0.189. The van der Waals surface area contributed by atoms with Gasteiger partial charge in [-0.15, -0.1) is 0 Å². The van der Waals surface area contributed by atoms with Gasteiger partial charge in [0.1, 0.15) is 22.9 Å². The summed E-state index contributed by atoms with van der Waals surface area (Å²) in [6, 6.07) is 8.44. The molecule has 8 heteroatoms. The van der Waals surface area contributed by atoms with Gasteiger partial charge in [0.25, 0.3) is 0 Å². The molecule has 0 aromatic heterocycles. The molecule has 5 rings (SSSR count). The number of alkyl halides is 2. The number of halogens is 7. The van der Waals surface area contributed by atoms with E-state index in [0.29, 0.717) is 17.7 Å². The Labute approximate surface area is 280 Å². The van der Waals surface area contributed by atoms with Crippen LogP contribution >= 0.6 is 0 Å². The summed E-state index contributed by atoms with van der Waals surface area (Å²) < 4.78 is 101. The molecule has 0 heterocycles. The van der Waals surface area contributed by atoms with E-state index in [4.69, 9.17) is 0 Å². The highest BCUT2D eigenvalue weighted by Crippen LogP contribution is 2.42. The lowest BCUT2D eigenvalue weighted by Crippen LogP contribution is -2.25. The average molecular weight is 677 g/mol. The summed E-state index contributed by atoms with van der Waals surface area (Å²) >= 11 is 0. The van der Waals surface area contributed by atoms with Gasteiger partial charge in [0.2, 0.25) is 0 Å². The molecule has 2 aliphatic rings. The van der Waals surface area contributed by atoms with Crippen molar-refractivity contribution in [1.82, 2.24) is 0 Å². The number of rotatable bonds is 10. The van der Waals surface area contributed by atoms with Crippen LogP contribution in [0.3, 0.4) is 0 Å². The quantitative estimate of drug-likeness (QED) is 0.118. The minimum atomic E-state index is -4.62. The zero-order valence-corrected chi connectivity index (χ0v) is 28.1. The Kier molecular flexibility index (Phi) is 13.6. The Bertz CT molecular complexity index is 1440. The van der Waals surface area contributed by atoms with Crippen LogP contribution in [0.2, 0.25) is 0 Å². The average Bonchev–Trinajstić information content (AvgIpc) is 3.05. The Hall–Kier alpha value is -3.29. The van der Waals surface area contributed by atoms with Crippen molar-refractivity contribution in [2.75, 3.05) is 0 Å². The number of allylic oxidation sites excluding steroid dienone is 2. The first kappa shape index (κ1) is 37.5. The SMILES string of the molecule is C/C=C/C1CCC(C2CCC(CCC)CC2)CC1.CCCc1ccc(-c2cc(F)c(C(F)(F)Oc3cc(F)c(F)c(F)c3)c(F)c2)cc1. The molecular formula is C40H47F7O. The van der Waals surface area contributed by atoms with Crippen LogP contribution in [0, 0.1) is 52.8 Å². The fourth-order valence-electron chi connectivity index (χ4n) is 7.40. The van der Waals surface area contributed by atoms with E-state index < -0.39 is 46.5 Å². The number of benzene rings is 3. The lowest BCUT2D eigenvalue weighted by Gasteiger charge is -2.37. The highest BCUT2D eigenvalue weighted by Gasteiger charge is 2.41. The molecule has 2 aliphatic carbocycles. The number of hydrogen-bond donors (Lipinski definition) is 0. The predicted octanol–water partition coefficient (Wildman–Crippen LogP) is 13.1. The second kappa shape index (κ2) is 17.4. The van der Waals surface area contributed by atoms with Gasteiger partial charge in [-0.25, -0.2) is 22.0 Å². The molecule has 3 aromatic carbocycles. The molecule has 3 aromatic rings. The molecule has 0 radical (unpaired) electrons. The van der Waals surface area contributed by atoms with Crippen LogP contribution in [0.5, 0.6) is 5.75 Å². The van der Waals surface area contributed by atoms with Gasteiger partial charge in [-0.3, -0.25) is 0 Å². The van der Waals surface area contributed by atoms with Gasteiger partial charge in [0, 0.05) is 12.1 Å². The molecule has 0 saturated heterocycles. The normalized spacial score (nSPS) is 21.5. The second-order valence-electron chi connectivity index (χ2n) is 13.4. The van der Waals surface area contributed by atoms with E-state index in [1.54, 1.807) is 37.1 Å². The van der Waals surface area contributed by atoms with Crippen molar-refractivity contribution in [3.8, 4) is 16.9 Å². The van der Waals surface area contributed by atoms with E-state index in [9.17, 15) is 30.7 Å². The minimum absolute atomic E-state index is 0.0199. The summed E-state index contributed by atoms with van der Waals surface area (Å²) in [5, 5.41) is 0. The molecule has 0 unspecified atom stereocenters. The minimum Gasteiger partial charge on any atom is -0.429 e. The van der Waals surface area contributed by atoms with Crippen LogP contribution < -0.4 is 4.74 Å². The molecular weight excluding hydrogens is 629 g/mol. The molecule has 0 amide bonds. The second-order valence-corrected chi connectivity index (χ2v) is 13.4. The summed E-state index contributed by atoms with van der Waals surface area (Å²) in [5.41, 5.74) is -0.297. The molecule has 2 saturated carbocycles. The van der Waals surface area contributed by atoms with Crippen molar-refractivity contribution >= 4 is 0 Å². The Morgan fingerprint density at radius 2 is 1.23 bits per heavy atom. The van der Waals surface area contributed by atoms with Gasteiger partial charge in [-0.2, -0.15) is 8.78 Å². The third-order valence-corrected chi connectivity index (χ3v) is 9.90. The van der Waals surface area contributed by atoms with Crippen molar-refractivity contribution in [2.24, 2.45) is 23.7 Å². The Morgan fingerprint density at radius 3 is 1.73 bits per heavy atom. The molecule has 0 aliphatic heterocycles. The van der Waals surface area contributed by atoms with Crippen molar-refractivity contribution in [2.45, 2.75) is 104 Å². The Balaban J connectivity index is 0.000000246. The molecule has 0 spiro atoms. The summed E-state index contributed by atoms with van der Waals surface area (Å²) in [6.45, 7) is 6.50. The van der Waals surface area contributed by atoms with Gasteiger partial charge < -0.3 is 4.74 Å². The summed E-state index contributed by atoms with van der Waals surface area (Å²) in [5.74, 6) is -5.69. The van der Waals surface area contributed by atoms with Crippen LogP contribution in [-0.4, -0.2) is 0 Å². The standard InChI is InChI=1S/C22H15F7O.C18H32/c1-2-3-12-4-6-13(7-5-12)14-8-16(23)20(17(24)9-14)22(28,29)30-15-10-18(25)21(27)19(26)11-15;1-3-5-15-7-11-17(12-8-15)18-13-9-16(6-4-2)10-14-18/h4-11H,2-3H2,1H3;3,5,15-18H,4,6-14H2,1-2H3/b;5-3+. The molecule has 48 heavy (non-hydrogen) atoms. The summed E-state index contributed by atoms with van der Waals surface area (Å²) in [4.78, 5) is 0. The van der Waals surface area contributed by atoms with Crippen molar-refractivity contribution in [3.05, 3.63) is 101 Å². The van der Waals surface area contributed by atoms with Crippen molar-refractivity contribution in [3.63, 3.8) is 0 Å². The topological polar surface area (TPSA) is 9.23 Å². The van der Waals surface area contributed by atoms with Crippen LogP contribution in [0.1, 0.15) is 103 Å². The lowest BCUT2D eigenvalue weighted by atomic mass is 9.69. The fraction of sp³-hybridized carbons (Fsp3) is 0.500. The number of hydrogen-bond acceptors (Lipinski definition) is 1. The smallest absolute Gasteiger partial charge is 0.429 e. The zero-order valence-electron chi connectivity index (χ0n) is 28.1. The number of ether oxygens (including phenoxy) is 1. The van der Waals surface area contributed by atoms with Crippen LogP contribution in [0.25, 0.3) is 11.1 Å². The molecule has 0 atom stereocenters. The highest BCUT2D eigenvalue weighted by atomic mass is 19.3. The monoisotopic (exact) mass is 676 g/mol. The van der Waals surface area contributed by atoms with Gasteiger partial charge in [0.05, 0.1) is 0 Å². The van der Waals surface area contributed by atoms with E-state index >= 15 is 0 Å². The van der Waals surface area contributed by atoms with E-state index in [1.165, 1.54) is 51.4 Å². The maximum atomic E-state index is 14.4. The van der Waals surface area contributed by atoms with Gasteiger partial charge in [-0.1, -0.05) is 82.4 Å². The van der Waals surface area contributed by atoms with Gasteiger partial charge >= 0.3 is 6.11 Å². The fourth-order valence-corrected chi connectivity index (χ4v) is 7.40. The number of aryl methyl sites for hydroxylation is 1. The molecule has 0 N–H and O–H groups in total. The van der Waals surface area contributed by atoms with E-state index in [1.807, 2.05) is 6.92 Å². The van der Waals surface area contributed by atoms with E-state index in [-0.39, 0.29) is 17.7 Å². The first-order valence-electron chi connectivity index (χ1n) is 17.4. The van der Waals surface area contributed by atoms with Gasteiger partial charge in [0.15, 0.2) is 17.5 Å². The third-order valence-electron chi connectivity index (χ3n) is 9.90. The van der Waals surface area contributed by atoms with E-state index in [0.717, 1.165) is 42.1 Å². The van der Waals surface area contributed by atoms with Crippen molar-refractivity contribution < 1.29 is 35.5 Å². The molecule has 2 fully saturated rings.